The van der Waals surface area contributed by atoms with Crippen molar-refractivity contribution in [1.29, 1.82) is 0 Å². The largest absolute Gasteiger partial charge is 0.523 e. The van der Waals surface area contributed by atoms with Gasteiger partial charge in [0, 0.05) is 5.41 Å². The Morgan fingerprint density at radius 2 is 1.95 bits per heavy atom. The number of ether oxygens (including phenoxy) is 2. The molecular formula is C13H19F3O5S. The average molecular weight is 344 g/mol. The molecular weight excluding hydrogens is 325 g/mol. The molecule has 1 aliphatic heterocycles. The van der Waals surface area contributed by atoms with E-state index in [9.17, 15) is 21.6 Å². The highest BCUT2D eigenvalue weighted by molar-refractivity contribution is 7.87. The fourth-order valence-electron chi connectivity index (χ4n) is 3.11. The molecule has 0 bridgehead atoms. The lowest BCUT2D eigenvalue weighted by Crippen LogP contribution is -2.36. The van der Waals surface area contributed by atoms with E-state index in [1.54, 1.807) is 19.9 Å². The molecule has 0 N–H and O–H groups in total. The minimum absolute atomic E-state index is 0.0354. The van der Waals surface area contributed by atoms with Gasteiger partial charge in [0.15, 0.2) is 5.79 Å². The average Bonchev–Trinajstić information content (AvgIpc) is 2.81. The molecule has 1 saturated heterocycles. The van der Waals surface area contributed by atoms with E-state index >= 15 is 0 Å². The van der Waals surface area contributed by atoms with Gasteiger partial charge in [-0.05, 0) is 26.7 Å². The highest BCUT2D eigenvalue weighted by Gasteiger charge is 2.62. The Labute approximate surface area is 127 Å². The Morgan fingerprint density at radius 1 is 1.36 bits per heavy atom. The lowest BCUT2D eigenvalue weighted by Gasteiger charge is -2.31. The summed E-state index contributed by atoms with van der Waals surface area (Å²) in [4.78, 5) is 0. The van der Waals surface area contributed by atoms with E-state index in [4.69, 9.17) is 9.47 Å². The molecule has 0 amide bonds. The van der Waals surface area contributed by atoms with Gasteiger partial charge in [-0.1, -0.05) is 13.0 Å². The third-order valence-electron chi connectivity index (χ3n) is 4.24. The molecule has 1 aliphatic carbocycles. The van der Waals surface area contributed by atoms with E-state index in [2.05, 4.69) is 10.8 Å². The normalized spacial score (nSPS) is 38.0. The van der Waals surface area contributed by atoms with Crippen molar-refractivity contribution in [2.45, 2.75) is 63.2 Å². The quantitative estimate of drug-likeness (QED) is 0.446. The minimum Gasteiger partial charge on any atom is -0.344 e. The SMILES string of the molecule is C=C[C@@]1(CC)C[C@H](OS(=O)(=O)C(F)(F)F)[C@@H]2OC(C)(C)O[C@@H]21. The maximum atomic E-state index is 12.5. The molecule has 0 aromatic heterocycles. The summed E-state index contributed by atoms with van der Waals surface area (Å²) in [6.45, 7) is 8.77. The van der Waals surface area contributed by atoms with Crippen LogP contribution in [0, 0.1) is 5.41 Å². The molecule has 4 atom stereocenters. The van der Waals surface area contributed by atoms with Gasteiger partial charge >= 0.3 is 15.6 Å². The van der Waals surface area contributed by atoms with Crippen molar-refractivity contribution < 1.29 is 35.2 Å². The molecule has 2 rings (SSSR count). The van der Waals surface area contributed by atoms with Crippen LogP contribution in [0.5, 0.6) is 0 Å². The zero-order valence-corrected chi connectivity index (χ0v) is 13.3. The molecule has 5 nitrogen and oxygen atoms in total. The molecule has 0 radical (unpaired) electrons. The van der Waals surface area contributed by atoms with Crippen LogP contribution >= 0.6 is 0 Å². The molecule has 0 aromatic carbocycles. The lowest BCUT2D eigenvalue weighted by atomic mass is 9.81. The van der Waals surface area contributed by atoms with Crippen molar-refractivity contribution in [3.8, 4) is 0 Å². The lowest BCUT2D eigenvalue weighted by molar-refractivity contribution is -0.170. The van der Waals surface area contributed by atoms with Crippen LogP contribution in [-0.2, 0) is 23.8 Å². The van der Waals surface area contributed by atoms with Crippen LogP contribution in [-0.4, -0.2) is 38.0 Å². The van der Waals surface area contributed by atoms with Gasteiger partial charge in [0.25, 0.3) is 0 Å². The summed E-state index contributed by atoms with van der Waals surface area (Å²) < 4.78 is 75.9. The van der Waals surface area contributed by atoms with E-state index in [-0.39, 0.29) is 6.42 Å². The molecule has 2 aliphatic rings. The molecule has 0 spiro atoms. The Hall–Kier alpha value is -0.640. The van der Waals surface area contributed by atoms with E-state index in [0.717, 1.165) is 0 Å². The summed E-state index contributed by atoms with van der Waals surface area (Å²) in [7, 11) is -5.69. The van der Waals surface area contributed by atoms with Crippen molar-refractivity contribution in [1.82, 2.24) is 0 Å². The Bertz CT molecular complexity index is 557. The Balaban J connectivity index is 2.33. The van der Waals surface area contributed by atoms with Crippen LogP contribution in [0.2, 0.25) is 0 Å². The van der Waals surface area contributed by atoms with E-state index in [1.807, 2.05) is 6.92 Å². The fraction of sp³-hybridized carbons (Fsp3) is 0.846. The molecule has 128 valence electrons. The van der Waals surface area contributed by atoms with Crippen LogP contribution in [0.3, 0.4) is 0 Å². The number of halogens is 3. The number of hydrogen-bond donors (Lipinski definition) is 0. The summed E-state index contributed by atoms with van der Waals surface area (Å²) in [5.74, 6) is -1.03. The third kappa shape index (κ3) is 2.79. The molecule has 2 fully saturated rings. The minimum atomic E-state index is -5.69. The summed E-state index contributed by atoms with van der Waals surface area (Å²) in [6, 6.07) is 0. The Kier molecular flexibility index (Phi) is 4.17. The molecule has 1 saturated carbocycles. The summed E-state index contributed by atoms with van der Waals surface area (Å²) in [6.07, 6.45) is -0.629. The first kappa shape index (κ1) is 17.7. The second-order valence-corrected chi connectivity index (χ2v) is 7.61. The van der Waals surface area contributed by atoms with Gasteiger partial charge in [-0.3, -0.25) is 4.18 Å². The smallest absolute Gasteiger partial charge is 0.344 e. The van der Waals surface area contributed by atoms with E-state index < -0.39 is 45.1 Å². The first-order valence-electron chi connectivity index (χ1n) is 6.86. The zero-order chi connectivity index (χ0) is 17.0. The molecule has 9 heteroatoms. The molecule has 0 unspecified atom stereocenters. The summed E-state index contributed by atoms with van der Waals surface area (Å²) in [5.41, 5.74) is -6.16. The van der Waals surface area contributed by atoms with Crippen LogP contribution in [0.1, 0.15) is 33.6 Å². The van der Waals surface area contributed by atoms with Gasteiger partial charge in [-0.2, -0.15) is 21.6 Å². The molecule has 22 heavy (non-hydrogen) atoms. The van der Waals surface area contributed by atoms with Crippen molar-refractivity contribution in [2.24, 2.45) is 5.41 Å². The predicted molar refractivity (Wildman–Crippen MR) is 71.2 cm³/mol. The summed E-state index contributed by atoms with van der Waals surface area (Å²) >= 11 is 0. The van der Waals surface area contributed by atoms with Crippen molar-refractivity contribution >= 4 is 10.1 Å². The summed E-state index contributed by atoms with van der Waals surface area (Å²) in [5, 5.41) is 0. The standard InChI is InChI=1S/C13H19F3O5S/c1-5-12(6-2)7-8(21-22(17,18)13(14,15)16)9-10(12)20-11(3,4)19-9/h5,8-10H,1,6-7H2,2-4H3/t8-,9-,10-,12+/m0/s1. The first-order valence-corrected chi connectivity index (χ1v) is 8.27. The van der Waals surface area contributed by atoms with E-state index in [1.165, 1.54) is 0 Å². The van der Waals surface area contributed by atoms with Crippen LogP contribution in [0.25, 0.3) is 0 Å². The zero-order valence-electron chi connectivity index (χ0n) is 12.5. The second-order valence-electron chi connectivity index (χ2n) is 6.05. The van der Waals surface area contributed by atoms with Gasteiger partial charge in [-0.15, -0.1) is 6.58 Å². The highest BCUT2D eigenvalue weighted by atomic mass is 32.2. The van der Waals surface area contributed by atoms with Crippen LogP contribution < -0.4 is 0 Å². The topological polar surface area (TPSA) is 61.8 Å². The Morgan fingerprint density at radius 3 is 2.41 bits per heavy atom. The van der Waals surface area contributed by atoms with Crippen LogP contribution in [0.15, 0.2) is 12.7 Å². The van der Waals surface area contributed by atoms with Crippen molar-refractivity contribution in [3.05, 3.63) is 12.7 Å². The monoisotopic (exact) mass is 344 g/mol. The van der Waals surface area contributed by atoms with Crippen molar-refractivity contribution in [2.75, 3.05) is 0 Å². The molecule has 0 aromatic rings. The van der Waals surface area contributed by atoms with Crippen LogP contribution in [0.4, 0.5) is 13.2 Å². The van der Waals surface area contributed by atoms with Crippen molar-refractivity contribution in [3.63, 3.8) is 0 Å². The first-order chi connectivity index (χ1) is 9.87. The van der Waals surface area contributed by atoms with Gasteiger partial charge in [0.1, 0.15) is 12.2 Å². The second kappa shape index (κ2) is 5.19. The van der Waals surface area contributed by atoms with E-state index in [0.29, 0.717) is 6.42 Å². The van der Waals surface area contributed by atoms with Gasteiger partial charge in [0.05, 0.1) is 6.10 Å². The number of alkyl halides is 3. The van der Waals surface area contributed by atoms with Gasteiger partial charge < -0.3 is 9.47 Å². The third-order valence-corrected chi connectivity index (χ3v) is 5.31. The highest BCUT2D eigenvalue weighted by Crippen LogP contribution is 2.52. The predicted octanol–water partition coefficient (Wildman–Crippen LogP) is 2.73. The maximum absolute atomic E-state index is 12.5. The van der Waals surface area contributed by atoms with Gasteiger partial charge in [0.2, 0.25) is 0 Å². The fourth-order valence-corrected chi connectivity index (χ4v) is 3.72. The number of rotatable bonds is 4. The number of hydrogen-bond acceptors (Lipinski definition) is 5. The maximum Gasteiger partial charge on any atom is 0.523 e. The van der Waals surface area contributed by atoms with Gasteiger partial charge in [-0.25, -0.2) is 0 Å². The number of fused-ring (bicyclic) bond motifs is 1. The molecule has 1 heterocycles.